The molecule has 0 rings (SSSR count). The third-order valence-electron chi connectivity index (χ3n) is 4.33. The zero-order valence-corrected chi connectivity index (χ0v) is 16.0. The third kappa shape index (κ3) is 7.85. The molecule has 0 amide bonds. The quantitative estimate of drug-likeness (QED) is 0.378. The Labute approximate surface area is 142 Å². The molecule has 0 N–H and O–H groups in total. The van der Waals surface area contributed by atoms with Gasteiger partial charge in [-0.25, -0.2) is 0 Å². The molecule has 0 saturated heterocycles. The molecular formula is C19H36O4. The number of ether oxygens (including phenoxy) is 2. The molecule has 0 radical (unpaired) electrons. The van der Waals surface area contributed by atoms with Gasteiger partial charge in [-0.3, -0.25) is 9.59 Å². The molecule has 0 saturated carbocycles. The molecular weight excluding hydrogens is 292 g/mol. The van der Waals surface area contributed by atoms with Crippen molar-refractivity contribution in [1.29, 1.82) is 0 Å². The summed E-state index contributed by atoms with van der Waals surface area (Å²) < 4.78 is 10.7. The molecule has 23 heavy (non-hydrogen) atoms. The maximum atomic E-state index is 12.4. The third-order valence-corrected chi connectivity index (χ3v) is 4.33. The van der Waals surface area contributed by atoms with Gasteiger partial charge in [-0.2, -0.15) is 0 Å². The van der Waals surface area contributed by atoms with Crippen LogP contribution in [0, 0.1) is 10.8 Å². The normalized spacial score (nSPS) is 14.2. The summed E-state index contributed by atoms with van der Waals surface area (Å²) in [4.78, 5) is 24.7. The summed E-state index contributed by atoms with van der Waals surface area (Å²) in [5.41, 5.74) is -1.35. The Morgan fingerprint density at radius 2 is 1.39 bits per heavy atom. The van der Waals surface area contributed by atoms with E-state index in [1.807, 2.05) is 34.6 Å². The van der Waals surface area contributed by atoms with Gasteiger partial charge in [-0.05, 0) is 46.5 Å². The van der Waals surface area contributed by atoms with E-state index in [4.69, 9.17) is 9.47 Å². The highest BCUT2D eigenvalue weighted by Gasteiger charge is 2.42. The van der Waals surface area contributed by atoms with Gasteiger partial charge in [0.1, 0.15) is 0 Å². The predicted octanol–water partition coefficient (Wildman–Crippen LogP) is 4.90. The average Bonchev–Trinajstić information content (AvgIpc) is 2.51. The van der Waals surface area contributed by atoms with Crippen molar-refractivity contribution >= 4 is 11.9 Å². The largest absolute Gasteiger partial charge is 0.465 e. The summed E-state index contributed by atoms with van der Waals surface area (Å²) in [6.45, 7) is 12.5. The van der Waals surface area contributed by atoms with Gasteiger partial charge in [0.05, 0.1) is 24.0 Å². The second-order valence-electron chi connectivity index (χ2n) is 7.31. The predicted molar refractivity (Wildman–Crippen MR) is 93.1 cm³/mol. The van der Waals surface area contributed by atoms with E-state index >= 15 is 0 Å². The van der Waals surface area contributed by atoms with Gasteiger partial charge >= 0.3 is 11.9 Å². The molecule has 4 heteroatoms. The van der Waals surface area contributed by atoms with Crippen LogP contribution in [0.5, 0.6) is 0 Å². The van der Waals surface area contributed by atoms with Crippen molar-refractivity contribution < 1.29 is 19.1 Å². The van der Waals surface area contributed by atoms with Crippen LogP contribution in [-0.4, -0.2) is 25.2 Å². The van der Waals surface area contributed by atoms with Gasteiger partial charge in [0.25, 0.3) is 0 Å². The minimum absolute atomic E-state index is 0.217. The zero-order chi connectivity index (χ0) is 17.9. The molecule has 136 valence electrons. The number of hydrogen-bond donors (Lipinski definition) is 0. The van der Waals surface area contributed by atoms with Crippen molar-refractivity contribution in [3.05, 3.63) is 0 Å². The highest BCUT2D eigenvalue weighted by Crippen LogP contribution is 2.38. The van der Waals surface area contributed by atoms with Gasteiger partial charge in [0.2, 0.25) is 0 Å². The van der Waals surface area contributed by atoms with E-state index in [-0.39, 0.29) is 11.9 Å². The minimum atomic E-state index is -0.694. The van der Waals surface area contributed by atoms with Crippen LogP contribution in [0.15, 0.2) is 0 Å². The number of rotatable bonds is 12. The summed E-state index contributed by atoms with van der Waals surface area (Å²) in [6, 6.07) is 0. The average molecular weight is 328 g/mol. The van der Waals surface area contributed by atoms with Gasteiger partial charge in [0.15, 0.2) is 0 Å². The molecule has 1 atom stereocenters. The van der Waals surface area contributed by atoms with Crippen LogP contribution >= 0.6 is 0 Å². The molecule has 0 aromatic carbocycles. The number of unbranched alkanes of at least 4 members (excludes halogenated alkanes) is 3. The van der Waals surface area contributed by atoms with E-state index < -0.39 is 10.8 Å². The van der Waals surface area contributed by atoms with Gasteiger partial charge in [-0.15, -0.1) is 0 Å². The summed E-state index contributed by atoms with van der Waals surface area (Å²) in [5.74, 6) is -0.442. The SMILES string of the molecule is CCCCCCOC(=O)C(C)(C)CC(C)(CC)C(=O)OCCC. The number of esters is 2. The fourth-order valence-electron chi connectivity index (χ4n) is 2.65. The van der Waals surface area contributed by atoms with E-state index in [1.54, 1.807) is 0 Å². The van der Waals surface area contributed by atoms with Crippen LogP contribution in [0.1, 0.15) is 86.5 Å². The first-order valence-electron chi connectivity index (χ1n) is 9.08. The van der Waals surface area contributed by atoms with Crippen LogP contribution in [-0.2, 0) is 19.1 Å². The van der Waals surface area contributed by atoms with Crippen molar-refractivity contribution in [3.63, 3.8) is 0 Å². The van der Waals surface area contributed by atoms with Crippen molar-refractivity contribution in [2.75, 3.05) is 13.2 Å². The van der Waals surface area contributed by atoms with Crippen LogP contribution < -0.4 is 0 Å². The zero-order valence-electron chi connectivity index (χ0n) is 16.0. The topological polar surface area (TPSA) is 52.6 Å². The lowest BCUT2D eigenvalue weighted by atomic mass is 9.72. The standard InChI is InChI=1S/C19H36O4/c1-7-10-11-12-14-23-16(20)18(4,5)15-19(6,9-3)17(21)22-13-8-2/h7-15H2,1-6H3. The molecule has 0 aliphatic rings. The summed E-state index contributed by atoms with van der Waals surface area (Å²) in [5, 5.41) is 0. The van der Waals surface area contributed by atoms with Crippen molar-refractivity contribution in [1.82, 2.24) is 0 Å². The van der Waals surface area contributed by atoms with Crippen molar-refractivity contribution in [2.45, 2.75) is 86.5 Å². The molecule has 0 aromatic rings. The van der Waals surface area contributed by atoms with Crippen molar-refractivity contribution in [3.8, 4) is 0 Å². The maximum absolute atomic E-state index is 12.4. The molecule has 1 unspecified atom stereocenters. The number of hydrogen-bond acceptors (Lipinski definition) is 4. The maximum Gasteiger partial charge on any atom is 0.311 e. The smallest absolute Gasteiger partial charge is 0.311 e. The summed E-state index contributed by atoms with van der Waals surface area (Å²) in [7, 11) is 0. The molecule has 0 aromatic heterocycles. The van der Waals surface area contributed by atoms with E-state index in [1.165, 1.54) is 0 Å². The fourth-order valence-corrected chi connectivity index (χ4v) is 2.65. The molecule has 0 bridgehead atoms. The summed E-state index contributed by atoms with van der Waals surface area (Å²) in [6.07, 6.45) is 6.19. The number of carbonyl (C=O) groups is 2. The van der Waals surface area contributed by atoms with E-state index in [9.17, 15) is 9.59 Å². The lowest BCUT2D eigenvalue weighted by molar-refractivity contribution is -0.163. The Bertz CT molecular complexity index is 362. The van der Waals surface area contributed by atoms with Crippen molar-refractivity contribution in [2.24, 2.45) is 10.8 Å². The number of carbonyl (C=O) groups excluding carboxylic acids is 2. The van der Waals surface area contributed by atoms with Crippen LogP contribution in [0.3, 0.4) is 0 Å². The molecule has 0 spiro atoms. The highest BCUT2D eigenvalue weighted by atomic mass is 16.5. The second-order valence-corrected chi connectivity index (χ2v) is 7.31. The van der Waals surface area contributed by atoms with E-state index in [2.05, 4.69) is 6.92 Å². The first-order chi connectivity index (χ1) is 10.7. The van der Waals surface area contributed by atoms with E-state index in [0.717, 1.165) is 32.1 Å². The van der Waals surface area contributed by atoms with E-state index in [0.29, 0.717) is 26.1 Å². The van der Waals surface area contributed by atoms with Gasteiger partial charge < -0.3 is 9.47 Å². The van der Waals surface area contributed by atoms with Gasteiger partial charge in [0, 0.05) is 0 Å². The first-order valence-corrected chi connectivity index (χ1v) is 9.08. The molecule has 0 aliphatic heterocycles. The second kappa shape index (κ2) is 10.7. The Morgan fingerprint density at radius 1 is 0.783 bits per heavy atom. The van der Waals surface area contributed by atoms with Crippen LogP contribution in [0.4, 0.5) is 0 Å². The summed E-state index contributed by atoms with van der Waals surface area (Å²) >= 11 is 0. The molecule has 0 aliphatic carbocycles. The Hall–Kier alpha value is -1.06. The molecule has 0 fully saturated rings. The Kier molecular flexibility index (Phi) is 10.2. The van der Waals surface area contributed by atoms with Gasteiger partial charge in [-0.1, -0.05) is 40.0 Å². The lowest BCUT2D eigenvalue weighted by Crippen LogP contribution is -2.38. The molecule has 4 nitrogen and oxygen atoms in total. The Morgan fingerprint density at radius 3 is 1.91 bits per heavy atom. The Balaban J connectivity index is 4.59. The van der Waals surface area contributed by atoms with Crippen LogP contribution in [0.25, 0.3) is 0 Å². The lowest BCUT2D eigenvalue weighted by Gasteiger charge is -2.33. The first kappa shape index (κ1) is 21.9. The van der Waals surface area contributed by atoms with Crippen LogP contribution in [0.2, 0.25) is 0 Å². The highest BCUT2D eigenvalue weighted by molar-refractivity contribution is 5.80. The monoisotopic (exact) mass is 328 g/mol. The fraction of sp³-hybridized carbons (Fsp3) is 0.895. The minimum Gasteiger partial charge on any atom is -0.465 e. The molecule has 0 heterocycles.